The van der Waals surface area contributed by atoms with Crippen LogP contribution in [0.2, 0.25) is 0 Å². The molecule has 2 aliphatic rings. The smallest absolute Gasteiger partial charge is 0.255 e. The molecule has 0 unspecified atom stereocenters. The van der Waals surface area contributed by atoms with E-state index >= 15 is 0 Å². The molecule has 2 N–H and O–H groups in total. The minimum Gasteiger partial charge on any atom is -0.322 e. The van der Waals surface area contributed by atoms with Gasteiger partial charge in [0.1, 0.15) is 6.04 Å². The first kappa shape index (κ1) is 17.4. The Morgan fingerprint density at radius 2 is 2.00 bits per heavy atom. The predicted molar refractivity (Wildman–Crippen MR) is 102 cm³/mol. The van der Waals surface area contributed by atoms with Crippen LogP contribution in [0.3, 0.4) is 0 Å². The molecule has 1 saturated heterocycles. The monoisotopic (exact) mass is 390 g/mol. The Labute approximate surface area is 165 Å². The minimum absolute atomic E-state index is 0.180. The quantitative estimate of drug-likeness (QED) is 0.654. The van der Waals surface area contributed by atoms with Crippen molar-refractivity contribution in [3.05, 3.63) is 47.8 Å². The van der Waals surface area contributed by atoms with Gasteiger partial charge in [-0.1, -0.05) is 6.07 Å². The fraction of sp³-hybridized carbons (Fsp3) is 0.250. The Hall–Kier alpha value is -3.75. The molecule has 2 aromatic heterocycles. The van der Waals surface area contributed by atoms with E-state index in [1.54, 1.807) is 28.0 Å². The molecule has 3 aromatic rings. The molecule has 1 fully saturated rings. The maximum Gasteiger partial charge on any atom is 0.255 e. The number of fused-ring (bicyclic) bond motifs is 1. The van der Waals surface area contributed by atoms with Crippen molar-refractivity contribution in [2.75, 3.05) is 0 Å². The Morgan fingerprint density at radius 3 is 2.76 bits per heavy atom. The van der Waals surface area contributed by atoms with Crippen molar-refractivity contribution in [3.8, 4) is 22.5 Å². The first-order valence-electron chi connectivity index (χ1n) is 9.32. The van der Waals surface area contributed by atoms with Gasteiger partial charge in [0.25, 0.3) is 5.91 Å². The third kappa shape index (κ3) is 2.74. The normalized spacial score (nSPS) is 18.9. The van der Waals surface area contributed by atoms with Gasteiger partial charge < -0.3 is 4.90 Å². The number of piperidine rings is 1. The Bertz CT molecular complexity index is 1150. The molecular weight excluding hydrogens is 372 g/mol. The highest BCUT2D eigenvalue weighted by atomic mass is 16.2. The van der Waals surface area contributed by atoms with E-state index in [0.717, 1.165) is 28.1 Å². The van der Waals surface area contributed by atoms with Gasteiger partial charge >= 0.3 is 0 Å². The van der Waals surface area contributed by atoms with Crippen LogP contribution < -0.4 is 5.32 Å². The van der Waals surface area contributed by atoms with Crippen molar-refractivity contribution in [1.82, 2.24) is 30.2 Å². The zero-order valence-electron chi connectivity index (χ0n) is 15.7. The minimum atomic E-state index is -0.616. The molecule has 5 rings (SSSR count). The lowest BCUT2D eigenvalue weighted by Gasteiger charge is -2.29. The number of aryl methyl sites for hydroxylation is 1. The van der Waals surface area contributed by atoms with Crippen molar-refractivity contribution >= 4 is 17.7 Å². The van der Waals surface area contributed by atoms with Crippen LogP contribution in [0.25, 0.3) is 22.5 Å². The van der Waals surface area contributed by atoms with Crippen LogP contribution in [0.1, 0.15) is 28.8 Å². The van der Waals surface area contributed by atoms with E-state index in [1.807, 2.05) is 25.2 Å². The second-order valence-corrected chi connectivity index (χ2v) is 7.27. The van der Waals surface area contributed by atoms with Gasteiger partial charge in [-0.3, -0.25) is 29.5 Å². The second kappa shape index (κ2) is 6.40. The molecule has 0 radical (unpaired) electrons. The zero-order chi connectivity index (χ0) is 20.1. The largest absolute Gasteiger partial charge is 0.322 e. The fourth-order valence-electron chi connectivity index (χ4n) is 4.10. The summed E-state index contributed by atoms with van der Waals surface area (Å²) in [5.41, 5.74) is 5.04. The van der Waals surface area contributed by atoms with Crippen LogP contribution in [0.15, 0.2) is 36.7 Å². The lowest BCUT2D eigenvalue weighted by Crippen LogP contribution is -2.52. The highest BCUT2D eigenvalue weighted by molar-refractivity contribution is 6.05. The number of hydrogen-bond donors (Lipinski definition) is 2. The lowest BCUT2D eigenvalue weighted by molar-refractivity contribution is -0.136. The number of aromatic nitrogens is 4. The van der Waals surface area contributed by atoms with Crippen LogP contribution in [0, 0.1) is 0 Å². The van der Waals surface area contributed by atoms with E-state index in [0.29, 0.717) is 18.5 Å². The molecule has 1 atom stereocenters. The number of nitrogens with zero attached hydrogens (tertiary/aromatic N) is 4. The lowest BCUT2D eigenvalue weighted by atomic mass is 10.00. The number of hydrogen-bond acceptors (Lipinski definition) is 5. The summed E-state index contributed by atoms with van der Waals surface area (Å²) in [6.45, 7) is 0.341. The van der Waals surface area contributed by atoms with Gasteiger partial charge in [0.2, 0.25) is 11.8 Å². The molecule has 0 aliphatic carbocycles. The van der Waals surface area contributed by atoms with Crippen molar-refractivity contribution in [3.63, 3.8) is 0 Å². The molecule has 9 nitrogen and oxygen atoms in total. The molecule has 146 valence electrons. The summed E-state index contributed by atoms with van der Waals surface area (Å²) in [5.74, 6) is -0.877. The topological polar surface area (TPSA) is 113 Å². The highest BCUT2D eigenvalue weighted by Gasteiger charge is 2.39. The van der Waals surface area contributed by atoms with Crippen LogP contribution in [-0.2, 0) is 23.2 Å². The molecule has 0 spiro atoms. The zero-order valence-corrected chi connectivity index (χ0v) is 15.7. The summed E-state index contributed by atoms with van der Waals surface area (Å²) in [6.07, 6.45) is 4.06. The van der Waals surface area contributed by atoms with Gasteiger partial charge in [-0.25, -0.2) is 0 Å². The Morgan fingerprint density at radius 1 is 1.14 bits per heavy atom. The van der Waals surface area contributed by atoms with Gasteiger partial charge in [-0.15, -0.1) is 0 Å². The number of H-pyrrole nitrogens is 1. The first-order chi connectivity index (χ1) is 14.0. The molecule has 2 aliphatic heterocycles. The van der Waals surface area contributed by atoms with Crippen molar-refractivity contribution in [2.45, 2.75) is 25.4 Å². The summed E-state index contributed by atoms with van der Waals surface area (Å²) in [5, 5.41) is 13.7. The maximum absolute atomic E-state index is 12.9. The number of nitrogens with one attached hydrogen (secondary N) is 2. The first-order valence-corrected chi connectivity index (χ1v) is 9.32. The SMILES string of the molecule is Cn1ncc(-c2ccc3c(c2)CN([C@H]2CCC(=O)NC2=O)C3=O)c1-c1ccn[nH]1. The van der Waals surface area contributed by atoms with Crippen molar-refractivity contribution in [1.29, 1.82) is 0 Å². The average Bonchev–Trinajstić information content (AvgIpc) is 3.41. The number of benzene rings is 1. The summed E-state index contributed by atoms with van der Waals surface area (Å²) in [4.78, 5) is 38.0. The Kier molecular flexibility index (Phi) is 3.83. The third-order valence-electron chi connectivity index (χ3n) is 5.53. The van der Waals surface area contributed by atoms with Gasteiger partial charge in [0, 0.05) is 37.3 Å². The fourth-order valence-corrected chi connectivity index (χ4v) is 4.10. The molecule has 1 aromatic carbocycles. The predicted octanol–water partition coefficient (Wildman–Crippen LogP) is 1.24. The second-order valence-electron chi connectivity index (χ2n) is 7.27. The van der Waals surface area contributed by atoms with Gasteiger partial charge in [-0.2, -0.15) is 10.2 Å². The van der Waals surface area contributed by atoms with Gasteiger partial charge in [0.15, 0.2) is 0 Å². The van der Waals surface area contributed by atoms with E-state index in [4.69, 9.17) is 0 Å². The van der Waals surface area contributed by atoms with Crippen LogP contribution in [0.4, 0.5) is 0 Å². The third-order valence-corrected chi connectivity index (χ3v) is 5.53. The van der Waals surface area contributed by atoms with Gasteiger partial charge in [0.05, 0.1) is 17.6 Å². The summed E-state index contributed by atoms with van der Waals surface area (Å²) >= 11 is 0. The summed E-state index contributed by atoms with van der Waals surface area (Å²) < 4.78 is 1.77. The van der Waals surface area contributed by atoms with E-state index in [2.05, 4.69) is 20.6 Å². The Balaban J connectivity index is 1.49. The number of carbonyl (C=O) groups excluding carboxylic acids is 3. The summed E-state index contributed by atoms with van der Waals surface area (Å²) in [6, 6.07) is 6.91. The van der Waals surface area contributed by atoms with Crippen LogP contribution >= 0.6 is 0 Å². The number of imide groups is 1. The van der Waals surface area contributed by atoms with E-state index < -0.39 is 11.9 Å². The molecule has 0 bridgehead atoms. The van der Waals surface area contributed by atoms with E-state index in [1.165, 1.54) is 0 Å². The van der Waals surface area contributed by atoms with Crippen molar-refractivity contribution < 1.29 is 14.4 Å². The number of carbonyl (C=O) groups is 3. The number of rotatable bonds is 3. The molecule has 0 saturated carbocycles. The van der Waals surface area contributed by atoms with Crippen LogP contribution in [-0.4, -0.2) is 48.6 Å². The van der Waals surface area contributed by atoms with Crippen LogP contribution in [0.5, 0.6) is 0 Å². The molecular formula is C20H18N6O3. The number of aromatic amines is 1. The van der Waals surface area contributed by atoms with Crippen molar-refractivity contribution in [2.24, 2.45) is 7.05 Å². The molecule has 29 heavy (non-hydrogen) atoms. The highest BCUT2D eigenvalue weighted by Crippen LogP contribution is 2.34. The summed E-state index contributed by atoms with van der Waals surface area (Å²) in [7, 11) is 1.86. The molecule has 4 heterocycles. The molecule has 3 amide bonds. The number of amides is 3. The van der Waals surface area contributed by atoms with E-state index in [9.17, 15) is 14.4 Å². The standard InChI is InChI=1S/C20H18N6O3/c1-25-18(15-6-7-21-24-15)14(9-22-25)11-2-3-13-12(8-11)10-26(20(13)29)16-4-5-17(27)23-19(16)28/h2-3,6-9,16H,4-5,10H2,1H3,(H,21,24)(H,23,27,28)/t16-/m0/s1. The van der Waals surface area contributed by atoms with Gasteiger partial charge in [-0.05, 0) is 35.7 Å². The maximum atomic E-state index is 12.9. The van der Waals surface area contributed by atoms with E-state index in [-0.39, 0.29) is 18.2 Å². The molecule has 9 heteroatoms. The average molecular weight is 390 g/mol.